The predicted molar refractivity (Wildman–Crippen MR) is 122 cm³/mol. The van der Waals surface area contributed by atoms with E-state index in [9.17, 15) is 4.79 Å². The molecule has 0 atom stereocenters. The Labute approximate surface area is 184 Å². The lowest BCUT2D eigenvalue weighted by atomic mass is 10.2. The highest BCUT2D eigenvalue weighted by Crippen LogP contribution is 2.25. The van der Waals surface area contributed by atoms with Crippen LogP contribution in [-0.2, 0) is 11.3 Å². The van der Waals surface area contributed by atoms with Gasteiger partial charge in [0.05, 0.1) is 5.75 Å². The van der Waals surface area contributed by atoms with Crippen LogP contribution in [0.5, 0.6) is 0 Å². The molecule has 0 bridgehead atoms. The van der Waals surface area contributed by atoms with E-state index in [1.165, 1.54) is 22.2 Å². The lowest BCUT2D eigenvalue weighted by Crippen LogP contribution is -2.27. The highest BCUT2D eigenvalue weighted by Gasteiger charge is 2.14. The number of hydrogen-bond acceptors (Lipinski definition) is 5. The van der Waals surface area contributed by atoms with Crippen LogP contribution < -0.4 is 5.32 Å². The number of thioether (sulfide) groups is 2. The smallest absolute Gasteiger partial charge is 0.230 e. The summed E-state index contributed by atoms with van der Waals surface area (Å²) in [5.74, 6) is 1.93. The highest BCUT2D eigenvalue weighted by molar-refractivity contribution is 7.99. The fraction of sp³-hybridized carbons (Fsp3) is 0.286. The summed E-state index contributed by atoms with van der Waals surface area (Å²) < 4.78 is 2.01. The van der Waals surface area contributed by atoms with E-state index in [4.69, 9.17) is 11.6 Å². The molecule has 152 valence electrons. The first kappa shape index (κ1) is 21.7. The summed E-state index contributed by atoms with van der Waals surface area (Å²) in [6.07, 6.45) is 0. The van der Waals surface area contributed by atoms with Crippen molar-refractivity contribution in [2.24, 2.45) is 0 Å². The third kappa shape index (κ3) is 6.26. The molecule has 1 N–H and O–H groups in total. The zero-order valence-electron chi connectivity index (χ0n) is 16.4. The van der Waals surface area contributed by atoms with E-state index in [0.717, 1.165) is 28.8 Å². The zero-order chi connectivity index (χ0) is 20.6. The van der Waals surface area contributed by atoms with Crippen LogP contribution in [0.3, 0.4) is 0 Å². The first-order valence-corrected chi connectivity index (χ1v) is 11.7. The Morgan fingerprint density at radius 2 is 1.79 bits per heavy atom. The van der Waals surface area contributed by atoms with E-state index in [0.29, 0.717) is 17.3 Å². The van der Waals surface area contributed by atoms with Gasteiger partial charge >= 0.3 is 0 Å². The maximum atomic E-state index is 12.2. The summed E-state index contributed by atoms with van der Waals surface area (Å²) in [5, 5.41) is 12.9. The molecule has 3 aromatic rings. The van der Waals surface area contributed by atoms with Crippen LogP contribution >= 0.6 is 35.1 Å². The van der Waals surface area contributed by atoms with Crippen molar-refractivity contribution in [1.29, 1.82) is 0 Å². The fourth-order valence-electron chi connectivity index (χ4n) is 2.67. The van der Waals surface area contributed by atoms with Crippen molar-refractivity contribution in [3.63, 3.8) is 0 Å². The van der Waals surface area contributed by atoms with Gasteiger partial charge in [0, 0.05) is 34.3 Å². The second kappa shape index (κ2) is 10.7. The molecular weight excluding hydrogens is 424 g/mol. The number of hydrogen-bond donors (Lipinski definition) is 1. The normalized spacial score (nSPS) is 10.9. The average Bonchev–Trinajstić information content (AvgIpc) is 3.14. The summed E-state index contributed by atoms with van der Waals surface area (Å²) in [4.78, 5) is 13.4. The molecule has 0 fully saturated rings. The standard InChI is InChI=1S/C21H23ClN4OS2/c1-3-26-20(16-6-8-17(22)9-7-16)24-25-21(26)29-14-19(27)23-12-13-28-18-10-4-15(2)5-11-18/h4-11H,3,12-14H2,1-2H3,(H,23,27). The first-order valence-electron chi connectivity index (χ1n) is 9.35. The van der Waals surface area contributed by atoms with Gasteiger partial charge in [-0.3, -0.25) is 4.79 Å². The van der Waals surface area contributed by atoms with Gasteiger partial charge in [-0.1, -0.05) is 41.1 Å². The number of amides is 1. The van der Waals surface area contributed by atoms with Crippen molar-refractivity contribution in [2.75, 3.05) is 18.1 Å². The molecule has 0 unspecified atom stereocenters. The number of carbonyl (C=O) groups is 1. The van der Waals surface area contributed by atoms with Crippen molar-refractivity contribution in [3.8, 4) is 11.4 Å². The summed E-state index contributed by atoms with van der Waals surface area (Å²) in [7, 11) is 0. The molecule has 8 heteroatoms. The molecule has 5 nitrogen and oxygen atoms in total. The summed E-state index contributed by atoms with van der Waals surface area (Å²) >= 11 is 9.10. The Morgan fingerprint density at radius 1 is 1.07 bits per heavy atom. The quantitative estimate of drug-likeness (QED) is 0.373. The second-order valence-electron chi connectivity index (χ2n) is 6.36. The van der Waals surface area contributed by atoms with Crippen molar-refractivity contribution in [2.45, 2.75) is 30.4 Å². The number of benzene rings is 2. The van der Waals surface area contributed by atoms with E-state index in [-0.39, 0.29) is 5.91 Å². The molecule has 2 aromatic carbocycles. The van der Waals surface area contributed by atoms with Gasteiger partial charge in [0.25, 0.3) is 0 Å². The summed E-state index contributed by atoms with van der Waals surface area (Å²) in [5.41, 5.74) is 2.20. The van der Waals surface area contributed by atoms with Gasteiger partial charge < -0.3 is 9.88 Å². The van der Waals surface area contributed by atoms with E-state index in [2.05, 4.69) is 46.7 Å². The van der Waals surface area contributed by atoms with Crippen LogP contribution in [0, 0.1) is 6.92 Å². The zero-order valence-corrected chi connectivity index (χ0v) is 18.8. The number of nitrogens with one attached hydrogen (secondary N) is 1. The van der Waals surface area contributed by atoms with Crippen molar-refractivity contribution in [1.82, 2.24) is 20.1 Å². The van der Waals surface area contributed by atoms with Crippen molar-refractivity contribution in [3.05, 3.63) is 59.1 Å². The lowest BCUT2D eigenvalue weighted by Gasteiger charge is -2.08. The largest absolute Gasteiger partial charge is 0.355 e. The van der Waals surface area contributed by atoms with Crippen molar-refractivity contribution < 1.29 is 4.79 Å². The van der Waals surface area contributed by atoms with Gasteiger partial charge in [0.2, 0.25) is 5.91 Å². The van der Waals surface area contributed by atoms with Gasteiger partial charge in [-0.25, -0.2) is 0 Å². The third-order valence-corrected chi connectivity index (χ3v) is 6.41. The van der Waals surface area contributed by atoms with Crippen molar-refractivity contribution >= 4 is 41.0 Å². The topological polar surface area (TPSA) is 59.8 Å². The number of nitrogens with zero attached hydrogens (tertiary/aromatic N) is 3. The highest BCUT2D eigenvalue weighted by atomic mass is 35.5. The molecule has 1 aromatic heterocycles. The number of aryl methyl sites for hydroxylation is 1. The van der Waals surface area contributed by atoms with Crippen LogP contribution in [0.1, 0.15) is 12.5 Å². The van der Waals surface area contributed by atoms with Crippen LogP contribution in [0.15, 0.2) is 58.6 Å². The molecule has 0 saturated heterocycles. The Bertz CT molecular complexity index is 942. The Hall–Kier alpha value is -1.96. The summed E-state index contributed by atoms with van der Waals surface area (Å²) in [6, 6.07) is 15.9. The van der Waals surface area contributed by atoms with Crippen LogP contribution in [0.25, 0.3) is 11.4 Å². The van der Waals surface area contributed by atoms with E-state index >= 15 is 0 Å². The fourth-order valence-corrected chi connectivity index (χ4v) is 4.39. The van der Waals surface area contributed by atoms with Gasteiger partial charge in [-0.2, -0.15) is 0 Å². The monoisotopic (exact) mass is 446 g/mol. The van der Waals surface area contributed by atoms with Crippen LogP contribution in [0.2, 0.25) is 5.02 Å². The Balaban J connectivity index is 1.47. The first-order chi connectivity index (χ1) is 14.1. The number of aromatic nitrogens is 3. The molecule has 3 rings (SSSR count). The van der Waals surface area contributed by atoms with Gasteiger partial charge in [0.1, 0.15) is 0 Å². The third-order valence-electron chi connectivity index (χ3n) is 4.18. The Kier molecular flexibility index (Phi) is 8.03. The van der Waals surface area contributed by atoms with Crippen LogP contribution in [-0.4, -0.2) is 38.7 Å². The second-order valence-corrected chi connectivity index (χ2v) is 8.90. The maximum absolute atomic E-state index is 12.2. The molecule has 0 radical (unpaired) electrons. The molecule has 1 heterocycles. The van der Waals surface area contributed by atoms with Gasteiger partial charge in [-0.05, 0) is 50.2 Å². The van der Waals surface area contributed by atoms with E-state index in [1.54, 1.807) is 11.8 Å². The molecule has 0 aliphatic rings. The molecule has 1 amide bonds. The molecule has 29 heavy (non-hydrogen) atoms. The maximum Gasteiger partial charge on any atom is 0.230 e. The molecule has 0 aliphatic carbocycles. The van der Waals surface area contributed by atoms with E-state index in [1.807, 2.05) is 35.8 Å². The molecule has 0 aliphatic heterocycles. The van der Waals surface area contributed by atoms with Crippen LogP contribution in [0.4, 0.5) is 0 Å². The minimum absolute atomic E-state index is 0.00166. The molecular formula is C21H23ClN4OS2. The molecule has 0 saturated carbocycles. The average molecular weight is 447 g/mol. The predicted octanol–water partition coefficient (Wildman–Crippen LogP) is 4.93. The Morgan fingerprint density at radius 3 is 2.48 bits per heavy atom. The van der Waals surface area contributed by atoms with Gasteiger partial charge in [-0.15, -0.1) is 22.0 Å². The van der Waals surface area contributed by atoms with E-state index < -0.39 is 0 Å². The minimum Gasteiger partial charge on any atom is -0.355 e. The van der Waals surface area contributed by atoms with Gasteiger partial charge in [0.15, 0.2) is 11.0 Å². The minimum atomic E-state index is -0.00166. The summed E-state index contributed by atoms with van der Waals surface area (Å²) in [6.45, 7) is 5.47. The number of carbonyl (C=O) groups excluding carboxylic acids is 1. The number of halogens is 1. The molecule has 0 spiro atoms. The number of rotatable bonds is 9. The SMILES string of the molecule is CCn1c(SCC(=O)NCCSc2ccc(C)cc2)nnc1-c1ccc(Cl)cc1. The lowest BCUT2D eigenvalue weighted by molar-refractivity contribution is -0.118.